The normalized spacial score (nSPS) is 10.7. The fraction of sp³-hybridized carbons (Fsp3) is 0. The van der Waals surface area contributed by atoms with E-state index in [1.807, 2.05) is 16.8 Å². The number of pyridine rings is 1. The van der Waals surface area contributed by atoms with Gasteiger partial charge in [-0.2, -0.15) is 21.5 Å². The van der Waals surface area contributed by atoms with Crippen molar-refractivity contribution in [1.82, 2.24) is 25.0 Å². The highest BCUT2D eigenvalue weighted by Crippen LogP contribution is 2.22. The summed E-state index contributed by atoms with van der Waals surface area (Å²) in [6.07, 6.45) is 3.43. The van der Waals surface area contributed by atoms with Crippen LogP contribution in [0.25, 0.3) is 17.1 Å². The minimum atomic E-state index is -0.327. The highest BCUT2D eigenvalue weighted by molar-refractivity contribution is 7.08. The number of H-pyrrole nitrogens is 1. The molecule has 4 aromatic rings. The smallest absolute Gasteiger partial charge is 0.275 e. The predicted octanol–water partition coefficient (Wildman–Crippen LogP) is 2.97. The van der Waals surface area contributed by atoms with Crippen molar-refractivity contribution in [3.05, 3.63) is 65.2 Å². The predicted molar refractivity (Wildman–Crippen MR) is 91.2 cm³/mol. The average Bonchev–Trinajstić information content (AvgIpc) is 3.36. The molecule has 0 saturated carbocycles. The number of rotatable bonds is 4. The van der Waals surface area contributed by atoms with E-state index in [0.717, 1.165) is 11.3 Å². The topological polar surface area (TPSA) is 88.5 Å². The second-order valence-electron chi connectivity index (χ2n) is 4.96. The minimum absolute atomic E-state index is 0.295. The molecule has 7 nitrogen and oxygen atoms in total. The fourth-order valence-corrected chi connectivity index (χ4v) is 2.87. The highest BCUT2D eigenvalue weighted by atomic mass is 32.1. The van der Waals surface area contributed by atoms with Crippen LogP contribution in [0.4, 0.5) is 5.82 Å². The number of thiophene rings is 1. The molecule has 0 bridgehead atoms. The molecular weight excluding hydrogens is 324 g/mol. The van der Waals surface area contributed by atoms with E-state index in [-0.39, 0.29) is 5.91 Å². The van der Waals surface area contributed by atoms with Crippen LogP contribution in [0, 0.1) is 0 Å². The fourth-order valence-electron chi connectivity index (χ4n) is 2.21. The van der Waals surface area contributed by atoms with Crippen molar-refractivity contribution in [3.63, 3.8) is 0 Å². The number of aromatic amines is 1. The lowest BCUT2D eigenvalue weighted by Gasteiger charge is -2.04. The third-order valence-electron chi connectivity index (χ3n) is 3.36. The molecule has 0 spiro atoms. The maximum Gasteiger partial charge on any atom is 0.275 e. The summed E-state index contributed by atoms with van der Waals surface area (Å²) in [4.78, 5) is 16.7. The van der Waals surface area contributed by atoms with Gasteiger partial charge < -0.3 is 5.32 Å². The van der Waals surface area contributed by atoms with Gasteiger partial charge in [0.15, 0.2) is 11.6 Å². The lowest BCUT2D eigenvalue weighted by molar-refractivity contribution is 0.102. The van der Waals surface area contributed by atoms with Gasteiger partial charge in [-0.05, 0) is 29.6 Å². The van der Waals surface area contributed by atoms with Crippen molar-refractivity contribution in [3.8, 4) is 17.1 Å². The first-order chi connectivity index (χ1) is 11.8. The lowest BCUT2D eigenvalue weighted by Crippen LogP contribution is -2.15. The molecule has 8 heteroatoms. The molecule has 0 aliphatic rings. The number of nitrogens with one attached hydrogen (secondary N) is 2. The number of amides is 1. The van der Waals surface area contributed by atoms with Crippen molar-refractivity contribution in [1.29, 1.82) is 0 Å². The molecule has 2 N–H and O–H groups in total. The standard InChI is InChI=1S/C16H12N6OS/c23-16(12-3-1-4-15(18-12)22-7-2-6-17-22)19-14-9-13(20-21-14)11-5-8-24-10-11/h1-10H,(H2,19,20,21,23). The van der Waals surface area contributed by atoms with E-state index in [1.165, 1.54) is 0 Å². The van der Waals surface area contributed by atoms with Crippen molar-refractivity contribution in [2.45, 2.75) is 0 Å². The molecule has 0 atom stereocenters. The van der Waals surface area contributed by atoms with Crippen molar-refractivity contribution >= 4 is 23.1 Å². The van der Waals surface area contributed by atoms with Crippen LogP contribution in [0.2, 0.25) is 0 Å². The lowest BCUT2D eigenvalue weighted by atomic mass is 10.2. The van der Waals surface area contributed by atoms with Gasteiger partial charge >= 0.3 is 0 Å². The Morgan fingerprint density at radius 3 is 3.00 bits per heavy atom. The Bertz CT molecular complexity index is 958. The molecule has 0 aliphatic carbocycles. The summed E-state index contributed by atoms with van der Waals surface area (Å²) in [5.41, 5.74) is 2.18. The van der Waals surface area contributed by atoms with Gasteiger partial charge in [-0.15, -0.1) is 0 Å². The molecule has 24 heavy (non-hydrogen) atoms. The zero-order valence-electron chi connectivity index (χ0n) is 12.4. The van der Waals surface area contributed by atoms with Crippen LogP contribution in [-0.4, -0.2) is 30.9 Å². The molecule has 1 amide bonds. The Hall–Kier alpha value is -3.26. The molecule has 0 fully saturated rings. The van der Waals surface area contributed by atoms with Crippen LogP contribution in [-0.2, 0) is 0 Å². The second-order valence-corrected chi connectivity index (χ2v) is 5.74. The first kappa shape index (κ1) is 14.3. The van der Waals surface area contributed by atoms with Crippen LogP contribution in [0.3, 0.4) is 0 Å². The molecule has 118 valence electrons. The third-order valence-corrected chi connectivity index (χ3v) is 4.04. The van der Waals surface area contributed by atoms with Crippen LogP contribution >= 0.6 is 11.3 Å². The Labute approximate surface area is 141 Å². The average molecular weight is 336 g/mol. The molecule has 4 heterocycles. The van der Waals surface area contributed by atoms with E-state index in [1.54, 1.807) is 58.7 Å². The molecule has 0 unspecified atom stereocenters. The van der Waals surface area contributed by atoms with Crippen LogP contribution < -0.4 is 5.32 Å². The van der Waals surface area contributed by atoms with Crippen LogP contribution in [0.1, 0.15) is 10.5 Å². The zero-order chi connectivity index (χ0) is 16.4. The van der Waals surface area contributed by atoms with Crippen LogP contribution in [0.15, 0.2) is 59.6 Å². The van der Waals surface area contributed by atoms with Gasteiger partial charge in [-0.25, -0.2) is 9.67 Å². The van der Waals surface area contributed by atoms with Gasteiger partial charge in [-0.1, -0.05) is 6.07 Å². The Balaban J connectivity index is 1.53. The summed E-state index contributed by atoms with van der Waals surface area (Å²) in [6, 6.07) is 10.8. The van der Waals surface area contributed by atoms with Gasteiger partial charge in [0.2, 0.25) is 0 Å². The maximum atomic E-state index is 12.4. The summed E-state index contributed by atoms with van der Waals surface area (Å²) in [5.74, 6) is 0.702. The molecule has 0 radical (unpaired) electrons. The van der Waals surface area contributed by atoms with Gasteiger partial charge in [0.05, 0.1) is 5.69 Å². The SMILES string of the molecule is O=C(Nc1cc(-c2ccsc2)[nH]n1)c1cccc(-n2cccn2)n1. The number of nitrogens with zero attached hydrogens (tertiary/aromatic N) is 4. The second kappa shape index (κ2) is 6.09. The molecular formula is C16H12N6OS. The zero-order valence-corrected chi connectivity index (χ0v) is 13.2. The summed E-state index contributed by atoms with van der Waals surface area (Å²) < 4.78 is 1.60. The van der Waals surface area contributed by atoms with E-state index in [9.17, 15) is 4.79 Å². The van der Waals surface area contributed by atoms with Gasteiger partial charge in [0, 0.05) is 29.4 Å². The van der Waals surface area contributed by atoms with E-state index in [0.29, 0.717) is 17.3 Å². The van der Waals surface area contributed by atoms with Gasteiger partial charge in [0.25, 0.3) is 5.91 Å². The number of hydrogen-bond acceptors (Lipinski definition) is 5. The molecule has 4 aromatic heterocycles. The Morgan fingerprint density at radius 2 is 2.21 bits per heavy atom. The van der Waals surface area contributed by atoms with E-state index in [4.69, 9.17) is 0 Å². The first-order valence-corrected chi connectivity index (χ1v) is 8.10. The number of aromatic nitrogens is 5. The van der Waals surface area contributed by atoms with E-state index >= 15 is 0 Å². The van der Waals surface area contributed by atoms with Gasteiger partial charge in [-0.3, -0.25) is 9.89 Å². The number of carbonyl (C=O) groups excluding carboxylic acids is 1. The van der Waals surface area contributed by atoms with E-state index < -0.39 is 0 Å². The summed E-state index contributed by atoms with van der Waals surface area (Å²) in [7, 11) is 0. The molecule has 4 rings (SSSR count). The Morgan fingerprint density at radius 1 is 1.25 bits per heavy atom. The Kier molecular flexibility index (Phi) is 3.64. The summed E-state index contributed by atoms with van der Waals surface area (Å²) >= 11 is 1.60. The van der Waals surface area contributed by atoms with Crippen molar-refractivity contribution < 1.29 is 4.79 Å². The van der Waals surface area contributed by atoms with Gasteiger partial charge in [0.1, 0.15) is 5.69 Å². The highest BCUT2D eigenvalue weighted by Gasteiger charge is 2.12. The van der Waals surface area contributed by atoms with Crippen LogP contribution in [0.5, 0.6) is 0 Å². The quantitative estimate of drug-likeness (QED) is 0.600. The molecule has 0 aromatic carbocycles. The minimum Gasteiger partial charge on any atom is -0.304 e. The molecule has 0 aliphatic heterocycles. The third kappa shape index (κ3) is 2.82. The monoisotopic (exact) mass is 336 g/mol. The number of hydrogen-bond donors (Lipinski definition) is 2. The number of carbonyl (C=O) groups is 1. The maximum absolute atomic E-state index is 12.4. The first-order valence-electron chi connectivity index (χ1n) is 7.16. The largest absolute Gasteiger partial charge is 0.304 e. The van der Waals surface area contributed by atoms with Crippen molar-refractivity contribution in [2.75, 3.05) is 5.32 Å². The summed E-state index contributed by atoms with van der Waals surface area (Å²) in [6.45, 7) is 0. The molecule has 0 saturated heterocycles. The number of anilines is 1. The van der Waals surface area contributed by atoms with E-state index in [2.05, 4.69) is 25.6 Å². The van der Waals surface area contributed by atoms with Crippen molar-refractivity contribution in [2.24, 2.45) is 0 Å². The summed E-state index contributed by atoms with van der Waals surface area (Å²) in [5, 5.41) is 17.9.